The van der Waals surface area contributed by atoms with Gasteiger partial charge in [-0.2, -0.15) is 0 Å². The van der Waals surface area contributed by atoms with Gasteiger partial charge in [0.2, 0.25) is 0 Å². The Morgan fingerprint density at radius 2 is 2.07 bits per heavy atom. The van der Waals surface area contributed by atoms with Crippen molar-refractivity contribution in [2.45, 2.75) is 38.6 Å². The predicted octanol–water partition coefficient (Wildman–Crippen LogP) is 0.443. The van der Waals surface area contributed by atoms with Gasteiger partial charge in [0.15, 0.2) is 0 Å². The third-order valence-electron chi connectivity index (χ3n) is 3.09. The van der Waals surface area contributed by atoms with Gasteiger partial charge < -0.3 is 0 Å². The zero-order valence-corrected chi connectivity index (χ0v) is 9.73. The van der Waals surface area contributed by atoms with E-state index >= 15 is 0 Å². The average molecular weight is 220 g/mol. The van der Waals surface area contributed by atoms with Crippen LogP contribution in [0.1, 0.15) is 32.6 Å². The minimum absolute atomic E-state index is 0.265. The van der Waals surface area contributed by atoms with Crippen molar-refractivity contribution >= 4 is 9.84 Å². The molecular weight excluding hydrogens is 200 g/mol. The van der Waals surface area contributed by atoms with Gasteiger partial charge in [-0.05, 0) is 31.1 Å². The number of hydrogen-bond acceptors (Lipinski definition) is 4. The summed E-state index contributed by atoms with van der Waals surface area (Å²) in [5.41, 5.74) is 3.11. The first-order valence-electron chi connectivity index (χ1n) is 5.01. The molecule has 0 aromatic carbocycles. The van der Waals surface area contributed by atoms with Gasteiger partial charge in [-0.1, -0.05) is 6.92 Å². The predicted molar refractivity (Wildman–Crippen MR) is 57.4 cm³/mol. The Morgan fingerprint density at radius 3 is 2.43 bits per heavy atom. The number of hydrazine groups is 1. The molecule has 14 heavy (non-hydrogen) atoms. The van der Waals surface area contributed by atoms with Gasteiger partial charge >= 0.3 is 0 Å². The fourth-order valence-corrected chi connectivity index (χ4v) is 2.42. The van der Waals surface area contributed by atoms with Crippen LogP contribution in [0.2, 0.25) is 0 Å². The third-order valence-corrected chi connectivity index (χ3v) is 4.12. The highest BCUT2D eigenvalue weighted by molar-refractivity contribution is 7.90. The molecule has 1 saturated carbocycles. The van der Waals surface area contributed by atoms with Gasteiger partial charge in [0, 0.05) is 18.1 Å². The van der Waals surface area contributed by atoms with E-state index in [-0.39, 0.29) is 11.8 Å². The van der Waals surface area contributed by atoms with Gasteiger partial charge in [-0.15, -0.1) is 0 Å². The first kappa shape index (κ1) is 11.9. The lowest BCUT2D eigenvalue weighted by molar-refractivity contribution is 0.339. The van der Waals surface area contributed by atoms with Crippen LogP contribution >= 0.6 is 0 Å². The molecule has 5 heteroatoms. The van der Waals surface area contributed by atoms with Crippen LogP contribution < -0.4 is 11.3 Å². The zero-order valence-electron chi connectivity index (χ0n) is 8.91. The van der Waals surface area contributed by atoms with E-state index in [0.717, 1.165) is 6.42 Å². The van der Waals surface area contributed by atoms with Gasteiger partial charge in [-0.3, -0.25) is 11.3 Å². The normalized spacial score (nSPS) is 21.9. The number of sulfone groups is 1. The molecule has 0 saturated heterocycles. The topological polar surface area (TPSA) is 72.2 Å². The lowest BCUT2D eigenvalue weighted by Crippen LogP contribution is -2.41. The summed E-state index contributed by atoms with van der Waals surface area (Å²) in [5.74, 6) is 5.71. The number of nitrogens with one attached hydrogen (secondary N) is 1. The molecule has 1 atom stereocenters. The molecule has 0 aliphatic heterocycles. The average Bonchev–Trinajstić information content (AvgIpc) is 2.76. The summed E-state index contributed by atoms with van der Waals surface area (Å²) in [6, 6.07) is 0.268. The second-order valence-corrected chi connectivity index (χ2v) is 6.91. The number of hydrogen-bond donors (Lipinski definition) is 2. The van der Waals surface area contributed by atoms with Crippen LogP contribution in [0, 0.1) is 5.41 Å². The summed E-state index contributed by atoms with van der Waals surface area (Å²) in [4.78, 5) is 0. The smallest absolute Gasteiger partial charge is 0.147 e. The Kier molecular flexibility index (Phi) is 3.55. The fourth-order valence-electron chi connectivity index (χ4n) is 1.73. The lowest BCUT2D eigenvalue weighted by Gasteiger charge is -2.22. The Labute approximate surface area is 86.1 Å². The summed E-state index contributed by atoms with van der Waals surface area (Å²) in [7, 11) is -2.82. The van der Waals surface area contributed by atoms with E-state index in [1.54, 1.807) is 0 Å². The van der Waals surface area contributed by atoms with Crippen LogP contribution in [0.5, 0.6) is 0 Å². The van der Waals surface area contributed by atoms with E-state index in [1.165, 1.54) is 19.1 Å². The standard InChI is InChI=1S/C9H20N2O2S/c1-9(5-6-9)8(11-10)4-3-7-14(2,12)13/h8,11H,3-7,10H2,1-2H3. The maximum absolute atomic E-state index is 10.9. The van der Waals surface area contributed by atoms with Gasteiger partial charge in [0.1, 0.15) is 9.84 Å². The van der Waals surface area contributed by atoms with Crippen molar-refractivity contribution in [2.75, 3.05) is 12.0 Å². The van der Waals surface area contributed by atoms with Crippen molar-refractivity contribution in [3.8, 4) is 0 Å². The van der Waals surface area contributed by atoms with Crippen LogP contribution in [-0.2, 0) is 9.84 Å². The molecule has 84 valence electrons. The SMILES string of the molecule is CC1(C(CCCS(C)(=O)=O)NN)CC1. The van der Waals surface area contributed by atoms with E-state index in [2.05, 4.69) is 12.3 Å². The maximum Gasteiger partial charge on any atom is 0.147 e. The summed E-state index contributed by atoms with van der Waals surface area (Å²) >= 11 is 0. The van der Waals surface area contributed by atoms with Crippen molar-refractivity contribution in [2.24, 2.45) is 11.3 Å². The quantitative estimate of drug-likeness (QED) is 0.503. The van der Waals surface area contributed by atoms with E-state index in [1.807, 2.05) is 0 Å². The molecule has 0 radical (unpaired) electrons. The molecule has 1 fully saturated rings. The maximum atomic E-state index is 10.9. The third kappa shape index (κ3) is 3.55. The highest BCUT2D eigenvalue weighted by atomic mass is 32.2. The van der Waals surface area contributed by atoms with Crippen LogP contribution in [-0.4, -0.2) is 26.5 Å². The Hall–Kier alpha value is -0.130. The minimum Gasteiger partial charge on any atom is -0.271 e. The molecule has 1 aliphatic carbocycles. The highest BCUT2D eigenvalue weighted by Crippen LogP contribution is 2.49. The van der Waals surface area contributed by atoms with Crippen molar-refractivity contribution in [1.82, 2.24) is 5.43 Å². The molecule has 0 aromatic heterocycles. The van der Waals surface area contributed by atoms with Crippen molar-refractivity contribution < 1.29 is 8.42 Å². The summed E-state index contributed by atoms with van der Waals surface area (Å²) in [6.45, 7) is 2.19. The second kappa shape index (κ2) is 4.16. The van der Waals surface area contributed by atoms with Crippen molar-refractivity contribution in [3.05, 3.63) is 0 Å². The molecular formula is C9H20N2O2S. The van der Waals surface area contributed by atoms with Crippen LogP contribution in [0.4, 0.5) is 0 Å². The number of nitrogens with two attached hydrogens (primary N) is 1. The van der Waals surface area contributed by atoms with Gasteiger partial charge in [0.05, 0.1) is 0 Å². The van der Waals surface area contributed by atoms with E-state index in [9.17, 15) is 8.42 Å². The summed E-state index contributed by atoms with van der Waals surface area (Å²) < 4.78 is 21.8. The first-order valence-corrected chi connectivity index (χ1v) is 7.07. The lowest BCUT2D eigenvalue weighted by atomic mass is 9.95. The van der Waals surface area contributed by atoms with Gasteiger partial charge in [-0.25, -0.2) is 8.42 Å². The van der Waals surface area contributed by atoms with E-state index in [4.69, 9.17) is 5.84 Å². The molecule has 0 heterocycles. The molecule has 3 N–H and O–H groups in total. The van der Waals surface area contributed by atoms with Gasteiger partial charge in [0.25, 0.3) is 0 Å². The van der Waals surface area contributed by atoms with Crippen LogP contribution in [0.25, 0.3) is 0 Å². The minimum atomic E-state index is -2.82. The molecule has 4 nitrogen and oxygen atoms in total. The monoisotopic (exact) mass is 220 g/mol. The summed E-state index contributed by atoms with van der Waals surface area (Å²) in [6.07, 6.45) is 5.21. The molecule has 0 bridgehead atoms. The number of rotatable bonds is 6. The van der Waals surface area contributed by atoms with E-state index < -0.39 is 9.84 Å². The molecule has 0 spiro atoms. The molecule has 1 rings (SSSR count). The largest absolute Gasteiger partial charge is 0.271 e. The van der Waals surface area contributed by atoms with Crippen molar-refractivity contribution in [1.29, 1.82) is 0 Å². The first-order chi connectivity index (χ1) is 6.37. The summed E-state index contributed by atoms with van der Waals surface area (Å²) in [5, 5.41) is 0. The van der Waals surface area contributed by atoms with Crippen LogP contribution in [0.15, 0.2) is 0 Å². The highest BCUT2D eigenvalue weighted by Gasteiger charge is 2.43. The molecule has 1 unspecified atom stereocenters. The molecule has 1 aliphatic rings. The Balaban J connectivity index is 2.29. The molecule has 0 amide bonds. The van der Waals surface area contributed by atoms with Crippen LogP contribution in [0.3, 0.4) is 0 Å². The Morgan fingerprint density at radius 1 is 1.50 bits per heavy atom. The molecule has 0 aromatic rings. The van der Waals surface area contributed by atoms with E-state index in [0.29, 0.717) is 11.8 Å². The second-order valence-electron chi connectivity index (χ2n) is 4.65. The fraction of sp³-hybridized carbons (Fsp3) is 1.00. The Bertz CT molecular complexity index is 283. The van der Waals surface area contributed by atoms with Crippen molar-refractivity contribution in [3.63, 3.8) is 0 Å². The zero-order chi connectivity index (χ0) is 10.8.